The van der Waals surface area contributed by atoms with Gasteiger partial charge in [0.1, 0.15) is 6.79 Å². The summed E-state index contributed by atoms with van der Waals surface area (Å²) < 4.78 is 11.0. The lowest BCUT2D eigenvalue weighted by Crippen LogP contribution is -2.38. The van der Waals surface area contributed by atoms with Gasteiger partial charge in [-0.3, -0.25) is 0 Å². The van der Waals surface area contributed by atoms with Gasteiger partial charge in [-0.25, -0.2) is 0 Å². The number of hydrogen-bond acceptors (Lipinski definition) is 2. The van der Waals surface area contributed by atoms with Gasteiger partial charge in [-0.05, 0) is 19.3 Å². The second-order valence-electron chi connectivity index (χ2n) is 4.02. The number of ether oxygens (including phenoxy) is 2. The van der Waals surface area contributed by atoms with Gasteiger partial charge in [-0.2, -0.15) is 0 Å². The monoisotopic (exact) mass is 170 g/mol. The quantitative estimate of drug-likeness (QED) is 0.556. The van der Waals surface area contributed by atoms with E-state index < -0.39 is 0 Å². The van der Waals surface area contributed by atoms with Gasteiger partial charge in [-0.15, -0.1) is 0 Å². The third kappa shape index (κ3) is 1.80. The van der Waals surface area contributed by atoms with E-state index in [1.165, 1.54) is 38.5 Å². The lowest BCUT2D eigenvalue weighted by Gasteiger charge is -2.36. The third-order valence-corrected chi connectivity index (χ3v) is 3.17. The van der Waals surface area contributed by atoms with Crippen molar-refractivity contribution in [2.24, 2.45) is 0 Å². The molecule has 0 atom stereocenters. The molecule has 0 aromatic rings. The molecule has 0 aromatic heterocycles. The van der Waals surface area contributed by atoms with Gasteiger partial charge >= 0.3 is 0 Å². The van der Waals surface area contributed by atoms with E-state index in [2.05, 4.69) is 0 Å². The maximum atomic E-state index is 5.76. The zero-order chi connectivity index (χ0) is 8.28. The maximum absolute atomic E-state index is 5.76. The smallest absolute Gasteiger partial charge is 0.147 e. The molecule has 0 amide bonds. The summed E-state index contributed by atoms with van der Waals surface area (Å²) in [5.41, 5.74) is 0.217. The fourth-order valence-electron chi connectivity index (χ4n) is 2.32. The van der Waals surface area contributed by atoms with Crippen LogP contribution in [0.5, 0.6) is 0 Å². The highest BCUT2D eigenvalue weighted by Gasteiger charge is 2.33. The van der Waals surface area contributed by atoms with Crippen LogP contribution in [0.1, 0.15) is 44.9 Å². The first-order chi connectivity index (χ1) is 5.91. The van der Waals surface area contributed by atoms with Gasteiger partial charge in [0.25, 0.3) is 0 Å². The van der Waals surface area contributed by atoms with E-state index >= 15 is 0 Å². The fraction of sp³-hybridized carbons (Fsp3) is 1.00. The van der Waals surface area contributed by atoms with Crippen LogP contribution in [-0.2, 0) is 9.47 Å². The molecule has 1 spiro atoms. The summed E-state index contributed by atoms with van der Waals surface area (Å²) >= 11 is 0. The highest BCUT2D eigenvalue weighted by atomic mass is 16.7. The van der Waals surface area contributed by atoms with E-state index in [9.17, 15) is 0 Å². The molecule has 0 aromatic carbocycles. The molecule has 70 valence electrons. The molecule has 12 heavy (non-hydrogen) atoms. The molecule has 2 aliphatic rings. The largest absolute Gasteiger partial charge is 0.355 e. The van der Waals surface area contributed by atoms with Crippen molar-refractivity contribution in [1.82, 2.24) is 0 Å². The highest BCUT2D eigenvalue weighted by Crippen LogP contribution is 2.35. The van der Waals surface area contributed by atoms with Crippen molar-refractivity contribution in [3.05, 3.63) is 0 Å². The Morgan fingerprint density at radius 1 is 0.833 bits per heavy atom. The minimum absolute atomic E-state index is 0.217. The first kappa shape index (κ1) is 8.52. The molecule has 1 heterocycles. The molecule has 0 unspecified atom stereocenters. The van der Waals surface area contributed by atoms with Gasteiger partial charge in [0.05, 0.1) is 12.2 Å². The minimum atomic E-state index is 0.217. The lowest BCUT2D eigenvalue weighted by atomic mass is 9.90. The zero-order valence-corrected chi connectivity index (χ0v) is 7.68. The number of hydrogen-bond donors (Lipinski definition) is 0. The summed E-state index contributed by atoms with van der Waals surface area (Å²) in [5.74, 6) is 0. The average molecular weight is 170 g/mol. The predicted molar refractivity (Wildman–Crippen MR) is 47.0 cm³/mol. The second kappa shape index (κ2) is 3.75. The Morgan fingerprint density at radius 2 is 1.58 bits per heavy atom. The Kier molecular flexibility index (Phi) is 2.66. The summed E-state index contributed by atoms with van der Waals surface area (Å²) in [5, 5.41) is 0. The maximum Gasteiger partial charge on any atom is 0.147 e. The van der Waals surface area contributed by atoms with Crippen molar-refractivity contribution in [2.75, 3.05) is 13.4 Å². The van der Waals surface area contributed by atoms with E-state index in [0.29, 0.717) is 6.79 Å². The predicted octanol–water partition coefficient (Wildman–Crippen LogP) is 2.47. The first-order valence-corrected chi connectivity index (χ1v) is 5.13. The van der Waals surface area contributed by atoms with Crippen molar-refractivity contribution < 1.29 is 9.47 Å². The molecule has 2 nitrogen and oxygen atoms in total. The van der Waals surface area contributed by atoms with Crippen molar-refractivity contribution in [3.63, 3.8) is 0 Å². The molecule has 2 fully saturated rings. The SMILES string of the molecule is C1CCCC2(CC1)CCOCO2. The summed E-state index contributed by atoms with van der Waals surface area (Å²) in [6.07, 6.45) is 9.12. The molecule has 1 saturated heterocycles. The topological polar surface area (TPSA) is 18.5 Å². The van der Waals surface area contributed by atoms with Gasteiger partial charge in [-0.1, -0.05) is 25.7 Å². The summed E-state index contributed by atoms with van der Waals surface area (Å²) in [4.78, 5) is 0. The van der Waals surface area contributed by atoms with Crippen LogP contribution in [0.3, 0.4) is 0 Å². The zero-order valence-electron chi connectivity index (χ0n) is 7.68. The second-order valence-corrected chi connectivity index (χ2v) is 4.02. The standard InChI is InChI=1S/C10H18O2/c1-2-4-6-10(5-3-1)7-8-11-9-12-10/h1-9H2. The van der Waals surface area contributed by atoms with Gasteiger partial charge in [0.15, 0.2) is 0 Å². The molecule has 2 rings (SSSR count). The summed E-state index contributed by atoms with van der Waals surface area (Å²) in [7, 11) is 0. The van der Waals surface area contributed by atoms with Crippen LogP contribution in [0.2, 0.25) is 0 Å². The van der Waals surface area contributed by atoms with Crippen LogP contribution in [0, 0.1) is 0 Å². The summed E-state index contributed by atoms with van der Waals surface area (Å²) in [6.45, 7) is 1.43. The van der Waals surface area contributed by atoms with E-state index in [4.69, 9.17) is 9.47 Å². The van der Waals surface area contributed by atoms with Crippen LogP contribution in [0.15, 0.2) is 0 Å². The molecular weight excluding hydrogens is 152 g/mol. The molecule has 0 N–H and O–H groups in total. The highest BCUT2D eigenvalue weighted by molar-refractivity contribution is 4.83. The van der Waals surface area contributed by atoms with Crippen molar-refractivity contribution in [2.45, 2.75) is 50.5 Å². The van der Waals surface area contributed by atoms with E-state index in [1.807, 2.05) is 0 Å². The Labute approximate surface area is 74.2 Å². The Balaban J connectivity index is 1.95. The normalized spacial score (nSPS) is 30.0. The van der Waals surface area contributed by atoms with Crippen LogP contribution in [-0.4, -0.2) is 19.0 Å². The van der Waals surface area contributed by atoms with Crippen molar-refractivity contribution in [3.8, 4) is 0 Å². The lowest BCUT2D eigenvalue weighted by molar-refractivity contribution is -0.198. The van der Waals surface area contributed by atoms with Crippen LogP contribution < -0.4 is 0 Å². The fourth-order valence-corrected chi connectivity index (χ4v) is 2.32. The third-order valence-electron chi connectivity index (χ3n) is 3.17. The molecule has 0 radical (unpaired) electrons. The Morgan fingerprint density at radius 3 is 2.17 bits per heavy atom. The van der Waals surface area contributed by atoms with Gasteiger partial charge in [0.2, 0.25) is 0 Å². The molecule has 0 bridgehead atoms. The summed E-state index contributed by atoms with van der Waals surface area (Å²) in [6, 6.07) is 0. The molecule has 2 heteroatoms. The van der Waals surface area contributed by atoms with E-state index in [0.717, 1.165) is 13.0 Å². The van der Waals surface area contributed by atoms with Crippen molar-refractivity contribution in [1.29, 1.82) is 0 Å². The molecular formula is C10H18O2. The minimum Gasteiger partial charge on any atom is -0.355 e. The molecule has 1 aliphatic heterocycles. The van der Waals surface area contributed by atoms with Gasteiger partial charge in [0, 0.05) is 0 Å². The van der Waals surface area contributed by atoms with Crippen molar-refractivity contribution >= 4 is 0 Å². The van der Waals surface area contributed by atoms with Crippen LogP contribution in [0.4, 0.5) is 0 Å². The molecule has 1 aliphatic carbocycles. The van der Waals surface area contributed by atoms with E-state index in [1.54, 1.807) is 0 Å². The number of rotatable bonds is 0. The van der Waals surface area contributed by atoms with E-state index in [-0.39, 0.29) is 5.60 Å². The van der Waals surface area contributed by atoms with Gasteiger partial charge < -0.3 is 9.47 Å². The van der Waals surface area contributed by atoms with Crippen LogP contribution in [0.25, 0.3) is 0 Å². The Hall–Kier alpha value is -0.0800. The Bertz CT molecular complexity index is 129. The van der Waals surface area contributed by atoms with Crippen LogP contribution >= 0.6 is 0 Å². The molecule has 1 saturated carbocycles. The average Bonchev–Trinajstić information content (AvgIpc) is 2.33. The first-order valence-electron chi connectivity index (χ1n) is 5.13.